The topological polar surface area (TPSA) is 42.5 Å². The fraction of sp³-hybridized carbons (Fsp3) is 0.467. The lowest BCUT2D eigenvalue weighted by molar-refractivity contribution is 0.0724. The molecule has 2 aliphatic rings. The van der Waals surface area contributed by atoms with Crippen molar-refractivity contribution in [2.24, 2.45) is 5.92 Å². The molecule has 0 aliphatic carbocycles. The molecule has 1 aromatic heterocycles. The van der Waals surface area contributed by atoms with Gasteiger partial charge in [-0.2, -0.15) is 0 Å². The zero-order chi connectivity index (χ0) is 24.9. The van der Waals surface area contributed by atoms with E-state index in [4.69, 9.17) is 23.2 Å². The van der Waals surface area contributed by atoms with Gasteiger partial charge in [0.1, 0.15) is 0 Å². The zero-order valence-electron chi connectivity index (χ0n) is 20.9. The maximum atomic E-state index is 10.2. The smallest absolute Gasteiger partial charge is 0.0595 e. The number of piperidine rings is 2. The number of H-pyrrole nitrogens is 1. The second kappa shape index (κ2) is 12.0. The van der Waals surface area contributed by atoms with Crippen LogP contribution < -0.4 is 0 Å². The minimum atomic E-state index is 0.265. The average molecular weight is 527 g/mol. The van der Waals surface area contributed by atoms with E-state index in [1.807, 2.05) is 18.2 Å². The van der Waals surface area contributed by atoms with E-state index in [0.717, 1.165) is 39.0 Å². The molecule has 1 unspecified atom stereocenters. The highest BCUT2D eigenvalue weighted by Gasteiger charge is 2.29. The Hall–Kier alpha value is -1.98. The maximum Gasteiger partial charge on any atom is 0.0595 e. The summed E-state index contributed by atoms with van der Waals surface area (Å²) >= 11 is 12.1. The normalized spacial score (nSPS) is 19.5. The monoisotopic (exact) mass is 525 g/mol. The number of aliphatic hydroxyl groups is 1. The lowest BCUT2D eigenvalue weighted by Gasteiger charge is -2.39. The van der Waals surface area contributed by atoms with Crippen molar-refractivity contribution >= 4 is 34.1 Å². The third-order valence-electron chi connectivity index (χ3n) is 8.23. The Morgan fingerprint density at radius 1 is 0.972 bits per heavy atom. The number of halogens is 2. The van der Waals surface area contributed by atoms with E-state index in [1.54, 1.807) is 0 Å². The van der Waals surface area contributed by atoms with Crippen molar-refractivity contribution in [2.45, 2.75) is 50.5 Å². The lowest BCUT2D eigenvalue weighted by Crippen LogP contribution is -2.44. The molecule has 0 radical (unpaired) electrons. The lowest BCUT2D eigenvalue weighted by atomic mass is 9.86. The average Bonchev–Trinajstić information content (AvgIpc) is 3.35. The highest BCUT2D eigenvalue weighted by molar-refractivity contribution is 6.42. The molecule has 192 valence electrons. The van der Waals surface area contributed by atoms with E-state index in [1.165, 1.54) is 47.7 Å². The molecule has 0 amide bonds. The van der Waals surface area contributed by atoms with Crippen molar-refractivity contribution in [1.29, 1.82) is 0 Å². The second-order valence-corrected chi connectivity index (χ2v) is 11.3. The summed E-state index contributed by atoms with van der Waals surface area (Å²) in [4.78, 5) is 8.42. The van der Waals surface area contributed by atoms with Crippen LogP contribution >= 0.6 is 23.2 Å². The van der Waals surface area contributed by atoms with Crippen molar-refractivity contribution < 1.29 is 5.11 Å². The number of nitrogens with zero attached hydrogens (tertiary/aromatic N) is 2. The number of benzene rings is 2. The molecule has 1 atom stereocenters. The summed E-state index contributed by atoms with van der Waals surface area (Å²) < 4.78 is 0. The predicted octanol–water partition coefficient (Wildman–Crippen LogP) is 6.87. The quantitative estimate of drug-likeness (QED) is 0.337. The molecular weight excluding hydrogens is 489 g/mol. The molecule has 6 heteroatoms. The van der Waals surface area contributed by atoms with Crippen molar-refractivity contribution in [3.8, 4) is 0 Å². The van der Waals surface area contributed by atoms with Crippen molar-refractivity contribution in [1.82, 2.24) is 14.8 Å². The molecule has 3 aromatic rings. The Kier molecular flexibility index (Phi) is 8.58. The van der Waals surface area contributed by atoms with Crippen LogP contribution in [0.25, 0.3) is 10.9 Å². The van der Waals surface area contributed by atoms with Gasteiger partial charge in [-0.3, -0.25) is 4.90 Å². The third-order valence-corrected chi connectivity index (χ3v) is 8.97. The molecule has 2 N–H and O–H groups in total. The molecule has 2 fully saturated rings. The second-order valence-electron chi connectivity index (χ2n) is 10.5. The molecule has 4 nitrogen and oxygen atoms in total. The molecule has 0 spiro atoms. The standard InChI is InChI=1S/C30H37Cl2N3O/c31-28-8-7-22(19-29(28)32)4-3-13-34-14-9-23(10-15-34)18-25(21-36)35-16-11-24(12-17-35)27-20-33-30-6-2-1-5-26(27)30/h1-3,5-8,13,19-20,23-25,33,36H,4,9-12,14-18,21H2. The van der Waals surface area contributed by atoms with Crippen molar-refractivity contribution in [3.63, 3.8) is 0 Å². The van der Waals surface area contributed by atoms with Crippen LogP contribution in [0.3, 0.4) is 0 Å². The Bertz CT molecular complexity index is 1160. The molecule has 5 rings (SSSR count). The van der Waals surface area contributed by atoms with Crippen LogP contribution in [-0.4, -0.2) is 58.7 Å². The number of aromatic amines is 1. The number of allylic oxidation sites excluding steroid dienone is 1. The summed E-state index contributed by atoms with van der Waals surface area (Å²) in [6, 6.07) is 14.7. The summed E-state index contributed by atoms with van der Waals surface area (Å²) in [5, 5.41) is 12.8. The number of nitrogens with one attached hydrogen (secondary N) is 1. The first kappa shape index (κ1) is 25.7. The van der Waals surface area contributed by atoms with Crippen LogP contribution in [0.2, 0.25) is 10.0 Å². The van der Waals surface area contributed by atoms with Gasteiger partial charge in [0.25, 0.3) is 0 Å². The van der Waals surface area contributed by atoms with E-state index in [-0.39, 0.29) is 12.6 Å². The first-order valence-electron chi connectivity index (χ1n) is 13.4. The number of rotatable bonds is 8. The predicted molar refractivity (Wildman–Crippen MR) is 151 cm³/mol. The van der Waals surface area contributed by atoms with Gasteiger partial charge in [0.2, 0.25) is 0 Å². The number of fused-ring (bicyclic) bond motifs is 1. The number of para-hydroxylation sites is 1. The van der Waals surface area contributed by atoms with Crippen LogP contribution in [0.4, 0.5) is 0 Å². The van der Waals surface area contributed by atoms with Gasteiger partial charge in [-0.05, 0) is 99.0 Å². The molecule has 0 saturated carbocycles. The zero-order valence-corrected chi connectivity index (χ0v) is 22.4. The van der Waals surface area contributed by atoms with E-state index < -0.39 is 0 Å². The minimum absolute atomic E-state index is 0.265. The number of aromatic nitrogens is 1. The minimum Gasteiger partial charge on any atom is -0.395 e. The molecule has 2 aliphatic heterocycles. The number of hydrogen-bond acceptors (Lipinski definition) is 3. The molecular formula is C30H37Cl2N3O. The van der Waals surface area contributed by atoms with Gasteiger partial charge in [-0.15, -0.1) is 0 Å². The Balaban J connectivity index is 1.07. The van der Waals surface area contributed by atoms with E-state index in [9.17, 15) is 5.11 Å². The number of hydrogen-bond donors (Lipinski definition) is 2. The summed E-state index contributed by atoms with van der Waals surface area (Å²) in [6.45, 7) is 4.59. The molecule has 36 heavy (non-hydrogen) atoms. The van der Waals surface area contributed by atoms with Crippen LogP contribution in [-0.2, 0) is 6.42 Å². The Morgan fingerprint density at radius 3 is 2.50 bits per heavy atom. The van der Waals surface area contributed by atoms with Crippen LogP contribution in [0.5, 0.6) is 0 Å². The maximum absolute atomic E-state index is 10.2. The van der Waals surface area contributed by atoms with Crippen molar-refractivity contribution in [3.05, 3.63) is 82.1 Å². The largest absolute Gasteiger partial charge is 0.395 e. The van der Waals surface area contributed by atoms with E-state index in [0.29, 0.717) is 21.9 Å². The van der Waals surface area contributed by atoms with Gasteiger partial charge < -0.3 is 15.0 Å². The first-order chi connectivity index (χ1) is 17.6. The van der Waals surface area contributed by atoms with Gasteiger partial charge in [0.15, 0.2) is 0 Å². The number of likely N-dealkylation sites (tertiary alicyclic amines) is 2. The number of aliphatic hydroxyl groups excluding tert-OH is 1. The van der Waals surface area contributed by atoms with E-state index >= 15 is 0 Å². The first-order valence-corrected chi connectivity index (χ1v) is 14.1. The highest BCUT2D eigenvalue weighted by Crippen LogP contribution is 2.34. The Morgan fingerprint density at radius 2 is 1.75 bits per heavy atom. The van der Waals surface area contributed by atoms with Gasteiger partial charge in [-0.25, -0.2) is 0 Å². The summed E-state index contributed by atoms with van der Waals surface area (Å²) in [5.74, 6) is 1.30. The van der Waals surface area contributed by atoms with Crippen LogP contribution in [0.1, 0.15) is 49.1 Å². The molecule has 3 heterocycles. The summed E-state index contributed by atoms with van der Waals surface area (Å²) in [6.07, 6.45) is 13.3. The van der Waals surface area contributed by atoms with Crippen molar-refractivity contribution in [2.75, 3.05) is 32.8 Å². The Labute approximate surface area is 224 Å². The molecule has 0 bridgehead atoms. The van der Waals surface area contributed by atoms with Gasteiger partial charge in [0, 0.05) is 36.2 Å². The molecule has 2 aromatic carbocycles. The van der Waals surface area contributed by atoms with Gasteiger partial charge in [-0.1, -0.05) is 53.5 Å². The summed E-state index contributed by atoms with van der Waals surface area (Å²) in [7, 11) is 0. The fourth-order valence-electron chi connectivity index (χ4n) is 6.07. The third kappa shape index (κ3) is 6.11. The van der Waals surface area contributed by atoms with Crippen LogP contribution in [0.15, 0.2) is 60.9 Å². The van der Waals surface area contributed by atoms with E-state index in [2.05, 4.69) is 57.5 Å². The highest BCUT2D eigenvalue weighted by atomic mass is 35.5. The van der Waals surface area contributed by atoms with Gasteiger partial charge in [0.05, 0.1) is 16.7 Å². The van der Waals surface area contributed by atoms with Gasteiger partial charge >= 0.3 is 0 Å². The molecule has 2 saturated heterocycles. The SMILES string of the molecule is OCC(CC1CCN(C=CCc2ccc(Cl)c(Cl)c2)CC1)N1CCC(c2c[nH]c3ccccc23)CC1. The van der Waals surface area contributed by atoms with Crippen LogP contribution in [0, 0.1) is 5.92 Å². The summed E-state index contributed by atoms with van der Waals surface area (Å²) in [5.41, 5.74) is 3.87. The fourth-order valence-corrected chi connectivity index (χ4v) is 6.39.